The van der Waals surface area contributed by atoms with Crippen molar-refractivity contribution >= 4 is 21.6 Å². The van der Waals surface area contributed by atoms with Crippen molar-refractivity contribution in [3.63, 3.8) is 0 Å². The highest BCUT2D eigenvalue weighted by Gasteiger charge is 2.31. The minimum atomic E-state index is -3.92. The van der Waals surface area contributed by atoms with Crippen LogP contribution in [0.25, 0.3) is 11.1 Å². The van der Waals surface area contributed by atoms with Crippen molar-refractivity contribution in [2.24, 2.45) is 0 Å². The third kappa shape index (κ3) is 6.82. The molecule has 11 heteroatoms. The van der Waals surface area contributed by atoms with Gasteiger partial charge in [-0.25, -0.2) is 8.42 Å². The van der Waals surface area contributed by atoms with E-state index in [1.54, 1.807) is 36.7 Å². The highest BCUT2D eigenvalue weighted by molar-refractivity contribution is 7.89. The Kier molecular flexibility index (Phi) is 9.46. The van der Waals surface area contributed by atoms with Crippen molar-refractivity contribution < 1.29 is 32.5 Å². The minimum Gasteiger partial charge on any atom is -0.497 e. The molecule has 6 rings (SSSR count). The van der Waals surface area contributed by atoms with Crippen LogP contribution in [0.5, 0.6) is 5.75 Å². The van der Waals surface area contributed by atoms with Gasteiger partial charge < -0.3 is 24.6 Å². The number of nitrogens with zero attached hydrogens (tertiary/aromatic N) is 2. The van der Waals surface area contributed by atoms with Gasteiger partial charge in [0.15, 0.2) is 5.76 Å². The van der Waals surface area contributed by atoms with Crippen LogP contribution in [-0.4, -0.2) is 68.4 Å². The maximum Gasteiger partial charge on any atom is 0.290 e. The summed E-state index contributed by atoms with van der Waals surface area (Å²) in [6.07, 6.45) is 5.40. The van der Waals surface area contributed by atoms with Gasteiger partial charge in [-0.05, 0) is 76.7 Å². The SMILES string of the molecule is COc1ccc(S(=O)(=O)N(CCO)CCO[C@@H]2C[C@H](c3ccc4c(c3)Cc3ccccc3-4)C=C(C(=O)Nc3cccnc3)O2)cc1. The number of aliphatic hydroxyl groups excluding tert-OH is 1. The summed E-state index contributed by atoms with van der Waals surface area (Å²) in [7, 11) is -2.41. The number of allylic oxidation sites excluding steroid dienone is 1. The first-order chi connectivity index (χ1) is 22.4. The van der Waals surface area contributed by atoms with Gasteiger partial charge in [-0.1, -0.05) is 42.5 Å². The van der Waals surface area contributed by atoms with Crippen LogP contribution in [0.1, 0.15) is 29.0 Å². The molecule has 1 aromatic heterocycles. The first-order valence-electron chi connectivity index (χ1n) is 15.0. The molecule has 0 unspecified atom stereocenters. The van der Waals surface area contributed by atoms with Gasteiger partial charge in [0.2, 0.25) is 16.3 Å². The number of carbonyl (C=O) groups excluding carboxylic acids is 1. The monoisotopic (exact) mass is 641 g/mol. The van der Waals surface area contributed by atoms with Crippen molar-refractivity contribution in [1.82, 2.24) is 9.29 Å². The first kappa shape index (κ1) is 31.4. The molecule has 238 valence electrons. The molecule has 1 aliphatic carbocycles. The molecule has 2 aliphatic rings. The molecule has 0 saturated heterocycles. The number of hydrogen-bond donors (Lipinski definition) is 2. The molecule has 0 spiro atoms. The van der Waals surface area contributed by atoms with E-state index in [1.165, 1.54) is 45.8 Å². The Morgan fingerprint density at radius 2 is 1.83 bits per heavy atom. The third-order valence-electron chi connectivity index (χ3n) is 8.14. The van der Waals surface area contributed by atoms with E-state index in [9.17, 15) is 18.3 Å². The predicted octanol–water partition coefficient (Wildman–Crippen LogP) is 4.71. The maximum atomic E-state index is 13.4. The van der Waals surface area contributed by atoms with E-state index in [4.69, 9.17) is 14.2 Å². The molecule has 0 bridgehead atoms. The summed E-state index contributed by atoms with van der Waals surface area (Å²) in [5, 5.41) is 12.5. The standard InChI is InChI=1S/C35H35N3O7S/c1-43-29-9-11-30(12-10-29)46(41,42)38(15-17-39)16-18-44-34-22-26(21-33(45-34)35(40)37-28-6-4-14-36-23-28)24-8-13-32-27(19-24)20-25-5-2-3-7-31(25)32/h2-14,19,21,23,26,34,39H,15-18,20,22H2,1H3,(H,37,40)/t26-,34+/m1/s1. The number of methoxy groups -OCH3 is 1. The summed E-state index contributed by atoms with van der Waals surface area (Å²) in [5.41, 5.74) is 6.50. The van der Waals surface area contributed by atoms with E-state index in [2.05, 4.69) is 40.6 Å². The van der Waals surface area contributed by atoms with Crippen molar-refractivity contribution in [3.8, 4) is 16.9 Å². The number of aliphatic hydroxyl groups is 1. The van der Waals surface area contributed by atoms with Crippen LogP contribution in [0.15, 0.2) is 108 Å². The lowest BCUT2D eigenvalue weighted by Crippen LogP contribution is -2.37. The smallest absolute Gasteiger partial charge is 0.290 e. The molecule has 46 heavy (non-hydrogen) atoms. The van der Waals surface area contributed by atoms with Gasteiger partial charge in [-0.3, -0.25) is 9.78 Å². The fourth-order valence-corrected chi connectivity index (χ4v) is 7.24. The molecule has 2 atom stereocenters. The Labute approximate surface area is 268 Å². The Hall–Kier alpha value is -4.55. The van der Waals surface area contributed by atoms with Gasteiger partial charge in [0.25, 0.3) is 5.91 Å². The second kappa shape index (κ2) is 13.8. The van der Waals surface area contributed by atoms with Crippen LogP contribution in [0.2, 0.25) is 0 Å². The molecule has 0 fully saturated rings. The van der Waals surface area contributed by atoms with Crippen LogP contribution in [-0.2, 0) is 30.7 Å². The summed E-state index contributed by atoms with van der Waals surface area (Å²) < 4.78 is 45.1. The Bertz CT molecular complexity index is 1830. The Morgan fingerprint density at radius 3 is 2.59 bits per heavy atom. The number of anilines is 1. The van der Waals surface area contributed by atoms with Gasteiger partial charge in [-0.15, -0.1) is 0 Å². The van der Waals surface area contributed by atoms with E-state index in [0.717, 1.165) is 12.0 Å². The van der Waals surface area contributed by atoms with Gasteiger partial charge in [0, 0.05) is 31.6 Å². The molecule has 2 N–H and O–H groups in total. The lowest BCUT2D eigenvalue weighted by atomic mass is 9.90. The summed E-state index contributed by atoms with van der Waals surface area (Å²) >= 11 is 0. The summed E-state index contributed by atoms with van der Waals surface area (Å²) in [5.74, 6) is -0.000811. The number of pyridine rings is 1. The summed E-state index contributed by atoms with van der Waals surface area (Å²) in [6.45, 7) is -0.524. The van der Waals surface area contributed by atoms with Gasteiger partial charge >= 0.3 is 0 Å². The lowest BCUT2D eigenvalue weighted by Gasteiger charge is -2.30. The topological polar surface area (TPSA) is 127 Å². The van der Waals surface area contributed by atoms with E-state index in [1.807, 2.05) is 18.2 Å². The van der Waals surface area contributed by atoms with E-state index in [0.29, 0.717) is 17.9 Å². The molecule has 2 heterocycles. The molecular formula is C35H35N3O7S. The number of carbonyl (C=O) groups is 1. The number of hydrogen-bond acceptors (Lipinski definition) is 8. The molecule has 0 saturated carbocycles. The average molecular weight is 642 g/mol. The maximum absolute atomic E-state index is 13.4. The molecular weight excluding hydrogens is 606 g/mol. The molecule has 3 aromatic carbocycles. The zero-order chi connectivity index (χ0) is 32.1. The number of fused-ring (bicyclic) bond motifs is 3. The van der Waals surface area contributed by atoms with E-state index in [-0.39, 0.29) is 42.9 Å². The van der Waals surface area contributed by atoms with Crippen molar-refractivity contribution in [3.05, 3.63) is 120 Å². The first-order valence-corrected chi connectivity index (χ1v) is 16.5. The number of rotatable bonds is 12. The number of amides is 1. The summed E-state index contributed by atoms with van der Waals surface area (Å²) in [6, 6.07) is 24.3. The third-order valence-corrected chi connectivity index (χ3v) is 10.1. The fraction of sp³-hybridized carbons (Fsp3) is 0.257. The quantitative estimate of drug-likeness (QED) is 0.201. The Morgan fingerprint density at radius 1 is 1.02 bits per heavy atom. The normalized spacial score (nSPS) is 17.1. The van der Waals surface area contributed by atoms with Crippen LogP contribution in [0.3, 0.4) is 0 Å². The highest BCUT2D eigenvalue weighted by Crippen LogP contribution is 2.40. The number of aromatic nitrogens is 1. The van der Waals surface area contributed by atoms with Crippen molar-refractivity contribution in [2.45, 2.75) is 29.9 Å². The van der Waals surface area contributed by atoms with Gasteiger partial charge in [0.1, 0.15) is 5.75 Å². The van der Waals surface area contributed by atoms with Gasteiger partial charge in [-0.2, -0.15) is 4.31 Å². The zero-order valence-corrected chi connectivity index (χ0v) is 26.2. The largest absolute Gasteiger partial charge is 0.497 e. The van der Waals surface area contributed by atoms with Crippen LogP contribution in [0, 0.1) is 0 Å². The van der Waals surface area contributed by atoms with E-state index < -0.39 is 22.2 Å². The van der Waals surface area contributed by atoms with Crippen LogP contribution >= 0.6 is 0 Å². The van der Waals surface area contributed by atoms with Crippen LogP contribution < -0.4 is 10.1 Å². The van der Waals surface area contributed by atoms with Crippen LogP contribution in [0.4, 0.5) is 5.69 Å². The molecule has 10 nitrogen and oxygen atoms in total. The van der Waals surface area contributed by atoms with E-state index >= 15 is 0 Å². The second-order valence-electron chi connectivity index (χ2n) is 11.0. The van der Waals surface area contributed by atoms with Crippen molar-refractivity contribution in [2.75, 3.05) is 38.7 Å². The minimum absolute atomic E-state index is 0.0240. The zero-order valence-electron chi connectivity index (χ0n) is 25.3. The predicted molar refractivity (Wildman–Crippen MR) is 173 cm³/mol. The molecule has 0 radical (unpaired) electrons. The highest BCUT2D eigenvalue weighted by atomic mass is 32.2. The lowest BCUT2D eigenvalue weighted by molar-refractivity contribution is -0.143. The van der Waals surface area contributed by atoms with Crippen molar-refractivity contribution in [1.29, 1.82) is 0 Å². The molecule has 4 aromatic rings. The number of nitrogens with one attached hydrogen (secondary N) is 1. The van der Waals surface area contributed by atoms with Gasteiger partial charge in [0.05, 0.1) is 37.1 Å². The summed E-state index contributed by atoms with van der Waals surface area (Å²) in [4.78, 5) is 17.4. The number of ether oxygens (including phenoxy) is 3. The fourth-order valence-electron chi connectivity index (χ4n) is 5.82. The molecule has 1 aliphatic heterocycles. The number of benzene rings is 3. The molecule has 1 amide bonds. The average Bonchev–Trinajstić information content (AvgIpc) is 3.46. The second-order valence-corrected chi connectivity index (χ2v) is 13.0. The Balaban J connectivity index is 1.19. The number of sulfonamides is 1.